The lowest BCUT2D eigenvalue weighted by molar-refractivity contribution is 0.115. The Labute approximate surface area is 123 Å². The van der Waals surface area contributed by atoms with Gasteiger partial charge in [-0.3, -0.25) is 0 Å². The first-order valence-electron chi connectivity index (χ1n) is 8.05. The molecule has 0 amide bonds. The van der Waals surface area contributed by atoms with Crippen LogP contribution in [-0.4, -0.2) is 19.2 Å². The standard InChI is InChI=1S/C18H29NO/c1-14(2)19-12-15(3)18-8-6-17(7-9-18)13-20-11-10-16-4-5-16/h6-9,14-16,19H,4-5,10-13H2,1-3H3. The Morgan fingerprint density at radius 2 is 1.85 bits per heavy atom. The van der Waals surface area contributed by atoms with Crippen molar-refractivity contribution in [3.8, 4) is 0 Å². The molecular weight excluding hydrogens is 246 g/mol. The lowest BCUT2D eigenvalue weighted by Crippen LogP contribution is -2.26. The lowest BCUT2D eigenvalue weighted by Gasteiger charge is -2.15. The van der Waals surface area contributed by atoms with Crippen molar-refractivity contribution in [3.63, 3.8) is 0 Å². The molecule has 2 rings (SSSR count). The van der Waals surface area contributed by atoms with Crippen LogP contribution < -0.4 is 5.32 Å². The first-order valence-corrected chi connectivity index (χ1v) is 8.05. The SMILES string of the molecule is CC(C)NCC(C)c1ccc(COCCC2CC2)cc1. The second-order valence-electron chi connectivity index (χ2n) is 6.49. The fourth-order valence-electron chi connectivity index (χ4n) is 2.32. The van der Waals surface area contributed by atoms with Gasteiger partial charge in [0.25, 0.3) is 0 Å². The normalized spacial score (nSPS) is 16.6. The zero-order valence-electron chi connectivity index (χ0n) is 13.2. The largest absolute Gasteiger partial charge is 0.377 e. The van der Waals surface area contributed by atoms with E-state index < -0.39 is 0 Å². The molecule has 0 radical (unpaired) electrons. The van der Waals surface area contributed by atoms with Gasteiger partial charge in [-0.2, -0.15) is 0 Å². The Balaban J connectivity index is 1.70. The first-order chi connectivity index (χ1) is 9.65. The molecule has 1 fully saturated rings. The molecule has 1 aromatic carbocycles. The molecule has 1 N–H and O–H groups in total. The van der Waals surface area contributed by atoms with E-state index in [1.54, 1.807) is 0 Å². The third-order valence-corrected chi connectivity index (χ3v) is 4.02. The van der Waals surface area contributed by atoms with Gasteiger partial charge in [0.05, 0.1) is 6.61 Å². The fraction of sp³-hybridized carbons (Fsp3) is 0.667. The van der Waals surface area contributed by atoms with E-state index in [0.717, 1.165) is 25.7 Å². The van der Waals surface area contributed by atoms with Gasteiger partial charge in [0.1, 0.15) is 0 Å². The molecule has 1 aliphatic rings. The quantitative estimate of drug-likeness (QED) is 0.685. The second kappa shape index (κ2) is 7.80. The van der Waals surface area contributed by atoms with E-state index in [2.05, 4.69) is 50.4 Å². The number of rotatable bonds is 9. The van der Waals surface area contributed by atoms with Crippen LogP contribution in [0.5, 0.6) is 0 Å². The number of hydrogen-bond acceptors (Lipinski definition) is 2. The van der Waals surface area contributed by atoms with E-state index >= 15 is 0 Å². The van der Waals surface area contributed by atoms with Crippen LogP contribution in [-0.2, 0) is 11.3 Å². The Morgan fingerprint density at radius 3 is 2.45 bits per heavy atom. The van der Waals surface area contributed by atoms with Crippen LogP contribution in [0.1, 0.15) is 57.1 Å². The number of hydrogen-bond donors (Lipinski definition) is 1. The minimum atomic E-state index is 0.552. The molecule has 0 heterocycles. The highest BCUT2D eigenvalue weighted by Crippen LogP contribution is 2.32. The maximum atomic E-state index is 5.74. The van der Waals surface area contributed by atoms with Crippen LogP contribution in [0.3, 0.4) is 0 Å². The summed E-state index contributed by atoms with van der Waals surface area (Å²) in [6.45, 7) is 9.36. The average Bonchev–Trinajstić information content (AvgIpc) is 3.26. The summed E-state index contributed by atoms with van der Waals surface area (Å²) < 4.78 is 5.74. The van der Waals surface area contributed by atoms with E-state index in [1.165, 1.54) is 30.4 Å². The summed E-state index contributed by atoms with van der Waals surface area (Å²) in [5.74, 6) is 1.52. The summed E-state index contributed by atoms with van der Waals surface area (Å²) in [5, 5.41) is 3.49. The summed E-state index contributed by atoms with van der Waals surface area (Å²) in [6.07, 6.45) is 4.08. The minimum Gasteiger partial charge on any atom is -0.377 e. The Kier molecular flexibility index (Phi) is 6.06. The molecule has 0 aliphatic heterocycles. The number of nitrogens with one attached hydrogen (secondary N) is 1. The van der Waals surface area contributed by atoms with Gasteiger partial charge in [-0.1, -0.05) is 57.9 Å². The summed E-state index contributed by atoms with van der Waals surface area (Å²) in [5.41, 5.74) is 2.69. The van der Waals surface area contributed by atoms with Gasteiger partial charge in [-0.05, 0) is 29.4 Å². The number of ether oxygens (including phenoxy) is 1. The van der Waals surface area contributed by atoms with E-state index in [9.17, 15) is 0 Å². The Hall–Kier alpha value is -0.860. The van der Waals surface area contributed by atoms with Crippen molar-refractivity contribution >= 4 is 0 Å². The minimum absolute atomic E-state index is 0.552. The van der Waals surface area contributed by atoms with Gasteiger partial charge < -0.3 is 10.1 Å². The molecule has 1 aromatic rings. The highest BCUT2D eigenvalue weighted by atomic mass is 16.5. The summed E-state index contributed by atoms with van der Waals surface area (Å²) in [4.78, 5) is 0. The van der Waals surface area contributed by atoms with E-state index in [0.29, 0.717) is 12.0 Å². The maximum absolute atomic E-state index is 5.74. The summed E-state index contributed by atoms with van der Waals surface area (Å²) in [7, 11) is 0. The van der Waals surface area contributed by atoms with Crippen LogP contribution in [0.2, 0.25) is 0 Å². The van der Waals surface area contributed by atoms with E-state index in [1.807, 2.05) is 0 Å². The topological polar surface area (TPSA) is 21.3 Å². The van der Waals surface area contributed by atoms with Gasteiger partial charge in [0, 0.05) is 19.2 Å². The molecule has 0 saturated heterocycles. The zero-order chi connectivity index (χ0) is 14.4. The van der Waals surface area contributed by atoms with Crippen molar-refractivity contribution in [2.45, 2.75) is 58.6 Å². The van der Waals surface area contributed by atoms with Crippen molar-refractivity contribution in [2.75, 3.05) is 13.2 Å². The average molecular weight is 275 g/mol. The third-order valence-electron chi connectivity index (χ3n) is 4.02. The van der Waals surface area contributed by atoms with Gasteiger partial charge in [-0.25, -0.2) is 0 Å². The van der Waals surface area contributed by atoms with Crippen molar-refractivity contribution in [3.05, 3.63) is 35.4 Å². The van der Waals surface area contributed by atoms with Crippen molar-refractivity contribution < 1.29 is 4.74 Å². The molecular formula is C18H29NO. The fourth-order valence-corrected chi connectivity index (χ4v) is 2.32. The highest BCUT2D eigenvalue weighted by molar-refractivity contribution is 5.24. The molecule has 0 bridgehead atoms. The van der Waals surface area contributed by atoms with Crippen molar-refractivity contribution in [1.82, 2.24) is 5.32 Å². The molecule has 112 valence electrons. The lowest BCUT2D eigenvalue weighted by atomic mass is 9.99. The van der Waals surface area contributed by atoms with Crippen molar-refractivity contribution in [1.29, 1.82) is 0 Å². The van der Waals surface area contributed by atoms with Crippen LogP contribution >= 0.6 is 0 Å². The van der Waals surface area contributed by atoms with E-state index in [4.69, 9.17) is 4.74 Å². The van der Waals surface area contributed by atoms with Crippen LogP contribution in [0.4, 0.5) is 0 Å². The molecule has 2 heteroatoms. The van der Waals surface area contributed by atoms with Crippen molar-refractivity contribution in [2.24, 2.45) is 5.92 Å². The summed E-state index contributed by atoms with van der Waals surface area (Å²) in [6, 6.07) is 9.45. The van der Waals surface area contributed by atoms with Gasteiger partial charge in [0.2, 0.25) is 0 Å². The molecule has 1 saturated carbocycles. The molecule has 1 atom stereocenters. The molecule has 0 aromatic heterocycles. The molecule has 2 nitrogen and oxygen atoms in total. The smallest absolute Gasteiger partial charge is 0.0716 e. The van der Waals surface area contributed by atoms with Gasteiger partial charge in [-0.15, -0.1) is 0 Å². The number of benzene rings is 1. The Morgan fingerprint density at radius 1 is 1.15 bits per heavy atom. The maximum Gasteiger partial charge on any atom is 0.0716 e. The Bertz CT molecular complexity index is 381. The molecule has 0 spiro atoms. The predicted molar refractivity (Wildman–Crippen MR) is 85.0 cm³/mol. The van der Waals surface area contributed by atoms with Crippen LogP contribution in [0, 0.1) is 5.92 Å². The molecule has 1 unspecified atom stereocenters. The van der Waals surface area contributed by atoms with Crippen LogP contribution in [0.15, 0.2) is 24.3 Å². The summed E-state index contributed by atoms with van der Waals surface area (Å²) >= 11 is 0. The highest BCUT2D eigenvalue weighted by Gasteiger charge is 2.20. The third kappa shape index (κ3) is 5.64. The molecule has 20 heavy (non-hydrogen) atoms. The molecule has 1 aliphatic carbocycles. The predicted octanol–water partition coefficient (Wildman–Crippen LogP) is 4.10. The zero-order valence-corrected chi connectivity index (χ0v) is 13.2. The first kappa shape index (κ1) is 15.5. The van der Waals surface area contributed by atoms with E-state index in [-0.39, 0.29) is 0 Å². The van der Waals surface area contributed by atoms with Gasteiger partial charge in [0.15, 0.2) is 0 Å². The monoisotopic (exact) mass is 275 g/mol. The van der Waals surface area contributed by atoms with Crippen LogP contribution in [0.25, 0.3) is 0 Å². The second-order valence-corrected chi connectivity index (χ2v) is 6.49. The van der Waals surface area contributed by atoms with Gasteiger partial charge >= 0.3 is 0 Å².